The third-order valence-electron chi connectivity index (χ3n) is 9.22. The second kappa shape index (κ2) is 13.0. The first-order valence-electron chi connectivity index (χ1n) is 15.8. The number of benzene rings is 3. The quantitative estimate of drug-likeness (QED) is 0.182. The molecule has 220 valence electrons. The minimum Gasteiger partial charge on any atom is -0.354 e. The standard InChI is InChI=1S/C37H45N3O2/c1-6-9-14-26(8-3)23-38-36(41)34(25(5)7-2)40-35(28-15-10-11-16-29(28)37(40)42)32-30-17-12-13-18-31(30)39-33(32)27-21-19-24(4)20-22-27/h10-13,15-22,25-26,34-35,39H,6-9,14,23H2,1-5H3,(H,38,41). The first-order chi connectivity index (χ1) is 20.4. The Labute approximate surface area is 250 Å². The molecule has 0 bridgehead atoms. The monoisotopic (exact) mass is 563 g/mol. The van der Waals surface area contributed by atoms with E-state index < -0.39 is 12.1 Å². The van der Waals surface area contributed by atoms with E-state index in [1.54, 1.807) is 0 Å². The van der Waals surface area contributed by atoms with Crippen molar-refractivity contribution >= 4 is 22.7 Å². The van der Waals surface area contributed by atoms with Gasteiger partial charge in [-0.15, -0.1) is 0 Å². The van der Waals surface area contributed by atoms with E-state index in [0.717, 1.165) is 65.4 Å². The predicted octanol–water partition coefficient (Wildman–Crippen LogP) is 8.44. The fourth-order valence-electron chi connectivity index (χ4n) is 6.49. The minimum absolute atomic E-state index is 0.0190. The van der Waals surface area contributed by atoms with Gasteiger partial charge >= 0.3 is 0 Å². The van der Waals surface area contributed by atoms with E-state index in [9.17, 15) is 9.59 Å². The van der Waals surface area contributed by atoms with Gasteiger partial charge in [0.2, 0.25) is 5.91 Å². The Kier molecular flexibility index (Phi) is 9.15. The summed E-state index contributed by atoms with van der Waals surface area (Å²) in [6.07, 6.45) is 5.23. The molecule has 2 heterocycles. The number of amides is 2. The van der Waals surface area contributed by atoms with Crippen molar-refractivity contribution in [3.05, 3.63) is 95.1 Å². The summed E-state index contributed by atoms with van der Waals surface area (Å²) < 4.78 is 0. The number of carbonyl (C=O) groups is 2. The topological polar surface area (TPSA) is 65.2 Å². The maximum Gasteiger partial charge on any atom is 0.255 e. The molecule has 1 aliphatic rings. The Morgan fingerprint density at radius 3 is 2.38 bits per heavy atom. The third kappa shape index (κ3) is 5.62. The summed E-state index contributed by atoms with van der Waals surface area (Å²) in [7, 11) is 0. The second-order valence-corrected chi connectivity index (χ2v) is 12.0. The van der Waals surface area contributed by atoms with Crippen LogP contribution in [0.15, 0.2) is 72.8 Å². The highest BCUT2D eigenvalue weighted by atomic mass is 16.2. The van der Waals surface area contributed by atoms with Crippen molar-refractivity contribution in [1.29, 1.82) is 0 Å². The molecule has 0 saturated carbocycles. The number of hydrogen-bond donors (Lipinski definition) is 2. The highest BCUT2D eigenvalue weighted by Crippen LogP contribution is 2.47. The van der Waals surface area contributed by atoms with Crippen molar-refractivity contribution in [2.24, 2.45) is 11.8 Å². The molecule has 4 atom stereocenters. The number of fused-ring (bicyclic) bond motifs is 2. The van der Waals surface area contributed by atoms with Gasteiger partial charge in [-0.3, -0.25) is 9.59 Å². The van der Waals surface area contributed by atoms with Gasteiger partial charge in [0.1, 0.15) is 6.04 Å². The fraction of sp³-hybridized carbons (Fsp3) is 0.405. The molecule has 5 heteroatoms. The number of para-hydroxylation sites is 1. The minimum atomic E-state index is -0.594. The Morgan fingerprint density at radius 2 is 1.67 bits per heavy atom. The SMILES string of the molecule is CCCCC(CC)CNC(=O)C(C(C)CC)N1C(=O)c2ccccc2C1c1c(-c2ccc(C)cc2)[nH]c2ccccc12. The van der Waals surface area contributed by atoms with E-state index in [1.807, 2.05) is 35.2 Å². The number of rotatable bonds is 12. The largest absolute Gasteiger partial charge is 0.354 e. The van der Waals surface area contributed by atoms with Gasteiger partial charge in [-0.05, 0) is 48.4 Å². The molecule has 0 aliphatic carbocycles. The van der Waals surface area contributed by atoms with Crippen LogP contribution in [0.4, 0.5) is 0 Å². The number of nitrogens with zero attached hydrogens (tertiary/aromatic N) is 1. The van der Waals surface area contributed by atoms with Crippen LogP contribution in [-0.2, 0) is 4.79 Å². The van der Waals surface area contributed by atoms with E-state index in [0.29, 0.717) is 18.0 Å². The van der Waals surface area contributed by atoms with Crippen LogP contribution in [0.1, 0.15) is 92.9 Å². The van der Waals surface area contributed by atoms with E-state index in [-0.39, 0.29) is 17.7 Å². The number of nitrogens with one attached hydrogen (secondary N) is 2. The number of H-pyrrole nitrogens is 1. The zero-order chi connectivity index (χ0) is 29.8. The maximum atomic E-state index is 14.4. The molecule has 2 N–H and O–H groups in total. The molecule has 5 rings (SSSR count). The predicted molar refractivity (Wildman–Crippen MR) is 172 cm³/mol. The smallest absolute Gasteiger partial charge is 0.255 e. The van der Waals surface area contributed by atoms with Crippen LogP contribution in [0.5, 0.6) is 0 Å². The molecule has 4 unspecified atom stereocenters. The summed E-state index contributed by atoms with van der Waals surface area (Å²) in [6, 6.07) is 23.7. The lowest BCUT2D eigenvalue weighted by Crippen LogP contribution is -2.52. The zero-order valence-electron chi connectivity index (χ0n) is 25.7. The van der Waals surface area contributed by atoms with Gasteiger partial charge < -0.3 is 15.2 Å². The first-order valence-corrected chi connectivity index (χ1v) is 15.8. The number of hydrogen-bond acceptors (Lipinski definition) is 2. The van der Waals surface area contributed by atoms with Crippen molar-refractivity contribution < 1.29 is 9.59 Å². The molecule has 1 aliphatic heterocycles. The van der Waals surface area contributed by atoms with E-state index in [2.05, 4.69) is 87.4 Å². The van der Waals surface area contributed by atoms with Crippen LogP contribution in [0.2, 0.25) is 0 Å². The Bertz CT molecular complexity index is 1540. The van der Waals surface area contributed by atoms with Gasteiger partial charge in [0.05, 0.1) is 11.7 Å². The fourth-order valence-corrected chi connectivity index (χ4v) is 6.49. The highest BCUT2D eigenvalue weighted by molar-refractivity contribution is 6.04. The molecule has 0 spiro atoms. The van der Waals surface area contributed by atoms with Gasteiger partial charge in [0.15, 0.2) is 0 Å². The lowest BCUT2D eigenvalue weighted by molar-refractivity contribution is -0.128. The lowest BCUT2D eigenvalue weighted by Gasteiger charge is -2.36. The van der Waals surface area contributed by atoms with Crippen molar-refractivity contribution in [3.63, 3.8) is 0 Å². The molecule has 5 nitrogen and oxygen atoms in total. The van der Waals surface area contributed by atoms with Crippen molar-refractivity contribution in [3.8, 4) is 11.3 Å². The average Bonchev–Trinajstić information content (AvgIpc) is 3.52. The van der Waals surface area contributed by atoms with Crippen LogP contribution in [0.25, 0.3) is 22.2 Å². The average molecular weight is 564 g/mol. The summed E-state index contributed by atoms with van der Waals surface area (Å²) in [5, 5.41) is 4.37. The van der Waals surface area contributed by atoms with Gasteiger partial charge in [0.25, 0.3) is 5.91 Å². The van der Waals surface area contributed by atoms with Gasteiger partial charge in [-0.1, -0.05) is 120 Å². The van der Waals surface area contributed by atoms with Crippen LogP contribution >= 0.6 is 0 Å². The van der Waals surface area contributed by atoms with Crippen molar-refractivity contribution in [2.75, 3.05) is 6.54 Å². The van der Waals surface area contributed by atoms with E-state index >= 15 is 0 Å². The number of carbonyl (C=O) groups excluding carboxylic acids is 2. The summed E-state index contributed by atoms with van der Waals surface area (Å²) in [5.41, 5.74) is 6.94. The molecule has 0 saturated heterocycles. The Hall–Kier alpha value is -3.86. The summed E-state index contributed by atoms with van der Waals surface area (Å²) in [5.74, 6) is 0.293. The Balaban J connectivity index is 1.65. The molecule has 3 aromatic carbocycles. The van der Waals surface area contributed by atoms with Crippen LogP contribution in [0.3, 0.4) is 0 Å². The second-order valence-electron chi connectivity index (χ2n) is 12.0. The maximum absolute atomic E-state index is 14.4. The molecule has 1 aromatic heterocycles. The normalized spacial score (nSPS) is 16.8. The van der Waals surface area contributed by atoms with Gasteiger partial charge in [-0.25, -0.2) is 0 Å². The third-order valence-corrected chi connectivity index (χ3v) is 9.22. The van der Waals surface area contributed by atoms with Crippen molar-refractivity contribution in [1.82, 2.24) is 15.2 Å². The number of aromatic nitrogens is 1. The molecule has 0 radical (unpaired) electrons. The lowest BCUT2D eigenvalue weighted by atomic mass is 9.90. The summed E-state index contributed by atoms with van der Waals surface area (Å²) in [4.78, 5) is 34.1. The van der Waals surface area contributed by atoms with Gasteiger partial charge in [0, 0.05) is 28.6 Å². The number of aryl methyl sites for hydroxylation is 1. The Morgan fingerprint density at radius 1 is 0.952 bits per heavy atom. The molecular formula is C37H45N3O2. The van der Waals surface area contributed by atoms with E-state index in [4.69, 9.17) is 0 Å². The molecular weight excluding hydrogens is 518 g/mol. The number of unbranched alkanes of at least 4 members (excludes halogenated alkanes) is 1. The number of aromatic amines is 1. The summed E-state index contributed by atoms with van der Waals surface area (Å²) in [6.45, 7) is 11.3. The molecule has 0 fully saturated rings. The van der Waals surface area contributed by atoms with Crippen LogP contribution in [0, 0.1) is 18.8 Å². The zero-order valence-corrected chi connectivity index (χ0v) is 25.7. The molecule has 42 heavy (non-hydrogen) atoms. The van der Waals surface area contributed by atoms with Crippen molar-refractivity contribution in [2.45, 2.75) is 78.8 Å². The van der Waals surface area contributed by atoms with Gasteiger partial charge in [-0.2, -0.15) is 0 Å². The highest BCUT2D eigenvalue weighted by Gasteiger charge is 2.47. The molecule has 4 aromatic rings. The van der Waals surface area contributed by atoms with Crippen LogP contribution < -0.4 is 5.32 Å². The molecule has 2 amide bonds. The van der Waals surface area contributed by atoms with E-state index in [1.165, 1.54) is 5.56 Å². The summed E-state index contributed by atoms with van der Waals surface area (Å²) >= 11 is 0. The first kappa shape index (κ1) is 29.6. The van der Waals surface area contributed by atoms with Crippen LogP contribution in [-0.4, -0.2) is 34.3 Å².